The van der Waals surface area contributed by atoms with Crippen LogP contribution in [0.4, 0.5) is 30.7 Å². The summed E-state index contributed by atoms with van der Waals surface area (Å²) < 4.78 is 86.9. The van der Waals surface area contributed by atoms with Gasteiger partial charge in [-0.3, -0.25) is 0 Å². The summed E-state index contributed by atoms with van der Waals surface area (Å²) >= 11 is 3.70. The molecule has 0 aliphatic rings. The van der Waals surface area contributed by atoms with Crippen LogP contribution in [0.25, 0.3) is 0 Å². The van der Waals surface area contributed by atoms with Crippen molar-refractivity contribution >= 4 is 12.6 Å². The van der Waals surface area contributed by atoms with Gasteiger partial charge in [-0.05, 0) is 12.1 Å². The van der Waals surface area contributed by atoms with E-state index in [1.807, 2.05) is 0 Å². The van der Waals surface area contributed by atoms with Gasteiger partial charge in [-0.25, -0.2) is 0 Å². The van der Waals surface area contributed by atoms with Gasteiger partial charge in [0.25, 0.3) is 0 Å². The third kappa shape index (κ3) is 2.36. The van der Waals surface area contributed by atoms with E-state index in [0.29, 0.717) is 12.1 Å². The van der Waals surface area contributed by atoms with Crippen LogP contribution in [-0.4, -0.2) is 12.1 Å². The van der Waals surface area contributed by atoms with E-state index in [0.717, 1.165) is 12.1 Å². The monoisotopic (exact) mass is 278 g/mol. The van der Waals surface area contributed by atoms with Crippen molar-refractivity contribution in [3.63, 3.8) is 0 Å². The molecule has 0 bridgehead atoms. The van der Waals surface area contributed by atoms with Crippen molar-refractivity contribution in [2.75, 3.05) is 0 Å². The molecular weight excluding hydrogens is 273 g/mol. The standard InChI is InChI=1S/C9H5F7S/c10-7(11,8(12,13)9(14,15)16)5-1-3-6(17)4-2-5/h1-4,17H. The average molecular weight is 278 g/mol. The third-order valence-electron chi connectivity index (χ3n) is 1.98. The first kappa shape index (κ1) is 14.1. The van der Waals surface area contributed by atoms with E-state index in [9.17, 15) is 30.7 Å². The van der Waals surface area contributed by atoms with Gasteiger partial charge in [0.05, 0.1) is 0 Å². The topological polar surface area (TPSA) is 0 Å². The highest BCUT2D eigenvalue weighted by molar-refractivity contribution is 7.80. The second-order valence-corrected chi connectivity index (χ2v) is 3.71. The molecule has 0 aromatic heterocycles. The number of thiol groups is 1. The maximum Gasteiger partial charge on any atom is 0.460 e. The quantitative estimate of drug-likeness (QED) is 0.606. The fourth-order valence-electron chi connectivity index (χ4n) is 1.03. The number of rotatable bonds is 2. The van der Waals surface area contributed by atoms with Gasteiger partial charge in [0.15, 0.2) is 0 Å². The molecule has 0 aliphatic heterocycles. The van der Waals surface area contributed by atoms with E-state index in [-0.39, 0.29) is 4.90 Å². The summed E-state index contributed by atoms with van der Waals surface area (Å²) in [5.41, 5.74) is -1.42. The van der Waals surface area contributed by atoms with Crippen LogP contribution in [-0.2, 0) is 5.92 Å². The maximum atomic E-state index is 13.1. The molecule has 0 saturated carbocycles. The Morgan fingerprint density at radius 2 is 1.18 bits per heavy atom. The molecule has 1 rings (SSSR count). The minimum atomic E-state index is -6.32. The molecular formula is C9H5F7S. The highest BCUT2D eigenvalue weighted by atomic mass is 32.1. The molecule has 0 amide bonds. The summed E-state index contributed by atoms with van der Waals surface area (Å²) in [5, 5.41) is 0. The maximum absolute atomic E-state index is 13.1. The SMILES string of the molecule is FC(F)(F)C(F)(F)C(F)(F)c1ccc(S)cc1. The van der Waals surface area contributed by atoms with E-state index in [1.54, 1.807) is 0 Å². The van der Waals surface area contributed by atoms with Crippen LogP contribution >= 0.6 is 12.6 Å². The van der Waals surface area contributed by atoms with Crippen molar-refractivity contribution < 1.29 is 30.7 Å². The van der Waals surface area contributed by atoms with Crippen LogP contribution in [0.1, 0.15) is 5.56 Å². The fourth-order valence-corrected chi connectivity index (χ4v) is 1.18. The van der Waals surface area contributed by atoms with Gasteiger partial charge in [0.2, 0.25) is 0 Å². The van der Waals surface area contributed by atoms with Gasteiger partial charge in [0, 0.05) is 10.5 Å². The fraction of sp³-hybridized carbons (Fsp3) is 0.333. The number of halogens is 7. The molecule has 0 atom stereocenters. The molecule has 0 unspecified atom stereocenters. The zero-order valence-corrected chi connectivity index (χ0v) is 8.80. The van der Waals surface area contributed by atoms with Crippen LogP contribution in [0.15, 0.2) is 29.2 Å². The van der Waals surface area contributed by atoms with Gasteiger partial charge in [-0.1, -0.05) is 12.1 Å². The molecule has 0 N–H and O–H groups in total. The summed E-state index contributed by atoms with van der Waals surface area (Å²) in [4.78, 5) is 0.167. The molecule has 0 nitrogen and oxygen atoms in total. The van der Waals surface area contributed by atoms with Gasteiger partial charge in [-0.2, -0.15) is 30.7 Å². The molecule has 8 heteroatoms. The first-order chi connectivity index (χ1) is 7.50. The van der Waals surface area contributed by atoms with E-state index < -0.39 is 23.6 Å². The lowest BCUT2D eigenvalue weighted by Crippen LogP contribution is -2.49. The Labute approximate surface area is 96.8 Å². The molecule has 0 saturated heterocycles. The lowest BCUT2D eigenvalue weighted by atomic mass is 10.0. The third-order valence-corrected chi connectivity index (χ3v) is 2.28. The first-order valence-corrected chi connectivity index (χ1v) is 4.57. The Kier molecular flexibility index (Phi) is 3.39. The summed E-state index contributed by atoms with van der Waals surface area (Å²) in [6.45, 7) is 0. The normalized spacial score (nSPS) is 13.9. The van der Waals surface area contributed by atoms with Gasteiger partial charge >= 0.3 is 18.0 Å². The highest BCUT2D eigenvalue weighted by Gasteiger charge is 2.73. The average Bonchev–Trinajstić information content (AvgIpc) is 2.16. The summed E-state index contributed by atoms with van der Waals surface area (Å²) in [5.74, 6) is -11.5. The second kappa shape index (κ2) is 4.08. The largest absolute Gasteiger partial charge is 0.460 e. The van der Waals surface area contributed by atoms with Gasteiger partial charge < -0.3 is 0 Å². The minimum Gasteiger partial charge on any atom is -0.194 e. The molecule has 0 aliphatic carbocycles. The van der Waals surface area contributed by atoms with Crippen molar-refractivity contribution in [3.05, 3.63) is 29.8 Å². The van der Waals surface area contributed by atoms with Crippen molar-refractivity contribution in [2.45, 2.75) is 22.9 Å². The number of hydrogen-bond donors (Lipinski definition) is 1. The predicted molar refractivity (Wildman–Crippen MR) is 48.6 cm³/mol. The van der Waals surface area contributed by atoms with Crippen LogP contribution in [0, 0.1) is 0 Å². The molecule has 0 fully saturated rings. The van der Waals surface area contributed by atoms with Crippen molar-refractivity contribution in [1.82, 2.24) is 0 Å². The lowest BCUT2D eigenvalue weighted by Gasteiger charge is -2.28. The molecule has 96 valence electrons. The Bertz CT molecular complexity index is 393. The smallest absolute Gasteiger partial charge is 0.194 e. The van der Waals surface area contributed by atoms with Crippen LogP contribution in [0.3, 0.4) is 0 Å². The zero-order chi connectivity index (χ0) is 13.5. The van der Waals surface area contributed by atoms with E-state index in [1.165, 1.54) is 0 Å². The Balaban J connectivity index is 3.23. The second-order valence-electron chi connectivity index (χ2n) is 3.19. The van der Waals surface area contributed by atoms with Crippen LogP contribution in [0.2, 0.25) is 0 Å². The predicted octanol–water partition coefficient (Wildman–Crippen LogP) is 4.26. The van der Waals surface area contributed by atoms with Gasteiger partial charge in [0.1, 0.15) is 0 Å². The first-order valence-electron chi connectivity index (χ1n) is 4.12. The molecule has 0 heterocycles. The Hall–Kier alpha value is -0.920. The zero-order valence-electron chi connectivity index (χ0n) is 7.90. The van der Waals surface area contributed by atoms with Crippen LogP contribution < -0.4 is 0 Å². The highest BCUT2D eigenvalue weighted by Crippen LogP contribution is 2.51. The molecule has 0 spiro atoms. The molecule has 0 radical (unpaired) electrons. The molecule has 1 aromatic rings. The number of alkyl halides is 7. The van der Waals surface area contributed by atoms with Gasteiger partial charge in [-0.15, -0.1) is 12.6 Å². The van der Waals surface area contributed by atoms with Crippen molar-refractivity contribution in [3.8, 4) is 0 Å². The number of benzene rings is 1. The van der Waals surface area contributed by atoms with Crippen molar-refractivity contribution in [2.24, 2.45) is 0 Å². The minimum absolute atomic E-state index is 0.167. The Morgan fingerprint density at radius 1 is 0.765 bits per heavy atom. The molecule has 1 aromatic carbocycles. The summed E-state index contributed by atoms with van der Waals surface area (Å²) in [7, 11) is 0. The van der Waals surface area contributed by atoms with E-state index in [4.69, 9.17) is 0 Å². The summed E-state index contributed by atoms with van der Waals surface area (Å²) in [6.07, 6.45) is -6.32. The van der Waals surface area contributed by atoms with Crippen molar-refractivity contribution in [1.29, 1.82) is 0 Å². The lowest BCUT2D eigenvalue weighted by molar-refractivity contribution is -0.359. The Morgan fingerprint density at radius 3 is 1.53 bits per heavy atom. The molecule has 17 heavy (non-hydrogen) atoms. The van der Waals surface area contributed by atoms with E-state index in [2.05, 4.69) is 12.6 Å². The summed E-state index contributed by atoms with van der Waals surface area (Å²) in [6, 6.07) is 2.75. The van der Waals surface area contributed by atoms with Crippen LogP contribution in [0.5, 0.6) is 0 Å². The number of hydrogen-bond acceptors (Lipinski definition) is 1. The van der Waals surface area contributed by atoms with E-state index >= 15 is 0 Å².